The summed E-state index contributed by atoms with van der Waals surface area (Å²) >= 11 is 0. The molecule has 0 radical (unpaired) electrons. The Morgan fingerprint density at radius 3 is 2.90 bits per heavy atom. The van der Waals surface area contributed by atoms with Crippen molar-refractivity contribution in [1.82, 2.24) is 14.3 Å². The maximum absolute atomic E-state index is 12.5. The quantitative estimate of drug-likeness (QED) is 0.877. The molecule has 0 saturated carbocycles. The van der Waals surface area contributed by atoms with Crippen LogP contribution in [0.2, 0.25) is 0 Å². The van der Waals surface area contributed by atoms with E-state index in [1.165, 1.54) is 4.90 Å². The minimum atomic E-state index is -1.06. The Bertz CT molecular complexity index is 663. The molecule has 110 valence electrons. The van der Waals surface area contributed by atoms with E-state index in [1.807, 2.05) is 12.1 Å². The van der Waals surface area contributed by atoms with Crippen LogP contribution < -0.4 is 0 Å². The number of fused-ring (bicyclic) bond motifs is 1. The van der Waals surface area contributed by atoms with E-state index in [9.17, 15) is 9.59 Å². The number of hydrogen-bond donors (Lipinski definition) is 1. The molecule has 1 saturated heterocycles. The van der Waals surface area contributed by atoms with Crippen molar-refractivity contribution in [3.8, 4) is 0 Å². The van der Waals surface area contributed by atoms with Crippen molar-refractivity contribution >= 4 is 17.5 Å². The van der Waals surface area contributed by atoms with Crippen molar-refractivity contribution in [3.05, 3.63) is 36.3 Å². The number of ether oxygens (including phenoxy) is 1. The molecular weight excluding hydrogens is 274 g/mol. The summed E-state index contributed by atoms with van der Waals surface area (Å²) in [5.74, 6) is -1.34. The SMILES string of the molecule is C[C@@H]1CN(C(=O)c2cn3ccccc3n2)CC(C(=O)O)O1. The molecule has 1 amide bonds. The van der Waals surface area contributed by atoms with Crippen molar-refractivity contribution in [2.45, 2.75) is 19.1 Å². The lowest BCUT2D eigenvalue weighted by atomic mass is 10.2. The van der Waals surface area contributed by atoms with Gasteiger partial charge >= 0.3 is 5.97 Å². The van der Waals surface area contributed by atoms with Crippen molar-refractivity contribution in [1.29, 1.82) is 0 Å². The zero-order valence-electron chi connectivity index (χ0n) is 11.5. The molecule has 1 N–H and O–H groups in total. The van der Waals surface area contributed by atoms with E-state index in [4.69, 9.17) is 9.84 Å². The van der Waals surface area contributed by atoms with E-state index < -0.39 is 12.1 Å². The molecule has 1 fully saturated rings. The number of morpholine rings is 1. The molecular formula is C14H15N3O4. The minimum Gasteiger partial charge on any atom is -0.479 e. The van der Waals surface area contributed by atoms with Crippen molar-refractivity contribution < 1.29 is 19.4 Å². The van der Waals surface area contributed by atoms with E-state index in [2.05, 4.69) is 4.98 Å². The van der Waals surface area contributed by atoms with Crippen molar-refractivity contribution in [2.75, 3.05) is 13.1 Å². The van der Waals surface area contributed by atoms with E-state index in [-0.39, 0.29) is 18.6 Å². The van der Waals surface area contributed by atoms with Gasteiger partial charge in [0.1, 0.15) is 11.3 Å². The Labute approximate surface area is 120 Å². The predicted molar refractivity (Wildman–Crippen MR) is 73.1 cm³/mol. The third-order valence-corrected chi connectivity index (χ3v) is 3.41. The number of nitrogens with zero attached hydrogens (tertiary/aromatic N) is 3. The molecule has 0 spiro atoms. The Hall–Kier alpha value is -2.41. The first kappa shape index (κ1) is 13.6. The first-order valence-corrected chi connectivity index (χ1v) is 6.66. The van der Waals surface area contributed by atoms with Crippen LogP contribution in [0.5, 0.6) is 0 Å². The average molecular weight is 289 g/mol. The Morgan fingerprint density at radius 2 is 2.19 bits per heavy atom. The highest BCUT2D eigenvalue weighted by Gasteiger charge is 2.33. The van der Waals surface area contributed by atoms with Crippen LogP contribution in [-0.4, -0.2) is 56.6 Å². The number of carboxylic acid groups (broad SMARTS) is 1. The van der Waals surface area contributed by atoms with Gasteiger partial charge in [0.05, 0.1) is 12.6 Å². The molecule has 7 nitrogen and oxygen atoms in total. The second-order valence-corrected chi connectivity index (χ2v) is 5.08. The normalized spacial score (nSPS) is 22.4. The maximum atomic E-state index is 12.5. The number of carboxylic acids is 1. The summed E-state index contributed by atoms with van der Waals surface area (Å²) in [6, 6.07) is 5.49. The Balaban J connectivity index is 1.85. The first-order valence-electron chi connectivity index (χ1n) is 6.66. The van der Waals surface area contributed by atoms with Crippen LogP contribution in [-0.2, 0) is 9.53 Å². The first-order chi connectivity index (χ1) is 10.0. The number of amides is 1. The van der Waals surface area contributed by atoms with Gasteiger partial charge in [-0.2, -0.15) is 0 Å². The molecule has 3 rings (SSSR count). The van der Waals surface area contributed by atoms with E-state index >= 15 is 0 Å². The fraction of sp³-hybridized carbons (Fsp3) is 0.357. The van der Waals surface area contributed by atoms with Gasteiger partial charge in [-0.3, -0.25) is 4.79 Å². The molecule has 7 heteroatoms. The average Bonchev–Trinajstić information content (AvgIpc) is 2.89. The molecule has 3 heterocycles. The fourth-order valence-electron chi connectivity index (χ4n) is 2.45. The second-order valence-electron chi connectivity index (χ2n) is 5.08. The van der Waals surface area contributed by atoms with Crippen LogP contribution in [0.15, 0.2) is 30.6 Å². The summed E-state index contributed by atoms with van der Waals surface area (Å²) in [5, 5.41) is 9.06. The van der Waals surface area contributed by atoms with Gasteiger partial charge in [-0.1, -0.05) is 6.07 Å². The van der Waals surface area contributed by atoms with Gasteiger partial charge in [-0.15, -0.1) is 0 Å². The highest BCUT2D eigenvalue weighted by molar-refractivity contribution is 5.93. The van der Waals surface area contributed by atoms with Gasteiger partial charge in [0.15, 0.2) is 6.10 Å². The summed E-state index contributed by atoms with van der Waals surface area (Å²) in [7, 11) is 0. The number of carbonyl (C=O) groups excluding carboxylic acids is 1. The van der Waals surface area contributed by atoms with E-state index in [0.29, 0.717) is 17.9 Å². The van der Waals surface area contributed by atoms with Crippen molar-refractivity contribution in [2.24, 2.45) is 0 Å². The molecule has 2 aromatic heterocycles. The van der Waals surface area contributed by atoms with Crippen LogP contribution in [0.4, 0.5) is 0 Å². The molecule has 0 bridgehead atoms. The highest BCUT2D eigenvalue weighted by Crippen LogP contribution is 2.15. The largest absolute Gasteiger partial charge is 0.479 e. The number of aromatic nitrogens is 2. The third-order valence-electron chi connectivity index (χ3n) is 3.41. The van der Waals surface area contributed by atoms with Gasteiger partial charge < -0.3 is 19.1 Å². The molecule has 21 heavy (non-hydrogen) atoms. The molecule has 1 aliphatic heterocycles. The molecule has 1 unspecified atom stereocenters. The molecule has 0 aromatic carbocycles. The number of rotatable bonds is 2. The summed E-state index contributed by atoms with van der Waals surface area (Å²) in [6.07, 6.45) is 2.14. The van der Waals surface area contributed by atoms with Crippen LogP contribution in [0, 0.1) is 0 Å². The lowest BCUT2D eigenvalue weighted by molar-refractivity contribution is -0.160. The minimum absolute atomic E-state index is 0.0341. The van der Waals surface area contributed by atoms with E-state index in [1.54, 1.807) is 29.8 Å². The molecule has 1 aliphatic rings. The number of hydrogen-bond acceptors (Lipinski definition) is 4. The summed E-state index contributed by atoms with van der Waals surface area (Å²) in [4.78, 5) is 29.3. The van der Waals surface area contributed by atoms with Crippen LogP contribution in [0.1, 0.15) is 17.4 Å². The fourth-order valence-corrected chi connectivity index (χ4v) is 2.45. The number of aliphatic carboxylic acids is 1. The zero-order chi connectivity index (χ0) is 15.0. The summed E-state index contributed by atoms with van der Waals surface area (Å²) in [5.41, 5.74) is 0.983. The molecule has 0 aliphatic carbocycles. The van der Waals surface area contributed by atoms with Crippen molar-refractivity contribution in [3.63, 3.8) is 0 Å². The van der Waals surface area contributed by atoms with Gasteiger partial charge in [-0.05, 0) is 19.1 Å². The number of pyridine rings is 1. The smallest absolute Gasteiger partial charge is 0.334 e. The molecule has 2 aromatic rings. The van der Waals surface area contributed by atoms with Gasteiger partial charge in [0, 0.05) is 18.9 Å². The van der Waals surface area contributed by atoms with Gasteiger partial charge in [0.2, 0.25) is 0 Å². The topological polar surface area (TPSA) is 84.1 Å². The van der Waals surface area contributed by atoms with Crippen LogP contribution in [0.25, 0.3) is 5.65 Å². The zero-order valence-corrected chi connectivity index (χ0v) is 11.5. The summed E-state index contributed by atoms with van der Waals surface area (Å²) < 4.78 is 7.06. The van der Waals surface area contributed by atoms with Crippen LogP contribution >= 0.6 is 0 Å². The lowest BCUT2D eigenvalue weighted by Gasteiger charge is -2.34. The molecule has 2 atom stereocenters. The number of carbonyl (C=O) groups is 2. The lowest BCUT2D eigenvalue weighted by Crippen LogP contribution is -2.51. The maximum Gasteiger partial charge on any atom is 0.334 e. The Morgan fingerprint density at radius 1 is 1.38 bits per heavy atom. The van der Waals surface area contributed by atoms with E-state index in [0.717, 1.165) is 0 Å². The van der Waals surface area contributed by atoms with Crippen LogP contribution in [0.3, 0.4) is 0 Å². The third kappa shape index (κ3) is 2.59. The van der Waals surface area contributed by atoms with Gasteiger partial charge in [0.25, 0.3) is 5.91 Å². The second kappa shape index (κ2) is 5.17. The predicted octanol–water partition coefficient (Wildman–Crippen LogP) is 0.648. The highest BCUT2D eigenvalue weighted by atomic mass is 16.5. The van der Waals surface area contributed by atoms with Gasteiger partial charge in [-0.25, -0.2) is 9.78 Å². The summed E-state index contributed by atoms with van der Waals surface area (Å²) in [6.45, 7) is 2.14. The number of imidazole rings is 1. The standard InChI is InChI=1S/C14H15N3O4/c1-9-6-17(8-11(21-9)14(19)20)13(18)10-7-16-5-3-2-4-12(16)15-10/h2-5,7,9,11H,6,8H2,1H3,(H,19,20)/t9-,11?/m1/s1. The monoisotopic (exact) mass is 289 g/mol. The Kier molecular flexibility index (Phi) is 3.34.